The summed E-state index contributed by atoms with van der Waals surface area (Å²) in [7, 11) is 4.85. The third kappa shape index (κ3) is 5.11. The van der Waals surface area contributed by atoms with E-state index in [1.807, 2.05) is 37.3 Å². The molecule has 0 aliphatic carbocycles. The molecule has 0 spiro atoms. The predicted molar refractivity (Wildman–Crippen MR) is 122 cm³/mol. The van der Waals surface area contributed by atoms with Crippen LogP contribution in [0, 0.1) is 11.6 Å². The van der Waals surface area contributed by atoms with Crippen molar-refractivity contribution in [2.45, 2.75) is 13.3 Å². The molecule has 2 N–H and O–H groups in total. The summed E-state index contributed by atoms with van der Waals surface area (Å²) in [6.45, 7) is 1.99. The van der Waals surface area contributed by atoms with Crippen molar-refractivity contribution in [3.63, 3.8) is 0 Å². The van der Waals surface area contributed by atoms with Gasteiger partial charge in [-0.15, -0.1) is 4.72 Å². The molecule has 3 rings (SSSR count). The fourth-order valence-corrected chi connectivity index (χ4v) is 3.70. The lowest BCUT2D eigenvalue weighted by atomic mass is 9.99. The van der Waals surface area contributed by atoms with E-state index in [-0.39, 0.29) is 0 Å². The van der Waals surface area contributed by atoms with Crippen molar-refractivity contribution in [2.24, 2.45) is 0 Å². The van der Waals surface area contributed by atoms with Crippen LogP contribution in [0.4, 0.5) is 10.5 Å². The Morgan fingerprint density at radius 2 is 2.03 bits per heavy atom. The number of rotatable bonds is 6. The van der Waals surface area contributed by atoms with Gasteiger partial charge in [-0.25, -0.2) is 4.79 Å². The first kappa shape index (κ1) is 22.1. The molecule has 9 heteroatoms. The highest BCUT2D eigenvalue weighted by Gasteiger charge is 2.13. The Labute approximate surface area is 183 Å². The van der Waals surface area contributed by atoms with Gasteiger partial charge in [0, 0.05) is 44.6 Å². The molecule has 0 fully saturated rings. The number of benzene rings is 2. The zero-order chi connectivity index (χ0) is 21.8. The van der Waals surface area contributed by atoms with Crippen LogP contribution < -0.4 is 14.2 Å². The summed E-state index contributed by atoms with van der Waals surface area (Å²) < 4.78 is 28.7. The summed E-state index contributed by atoms with van der Waals surface area (Å²) in [5.41, 5.74) is 4.22. The van der Waals surface area contributed by atoms with Crippen molar-refractivity contribution in [2.75, 3.05) is 25.9 Å². The molecule has 1 atom stereocenters. The van der Waals surface area contributed by atoms with Gasteiger partial charge in [-0.2, -0.15) is 4.72 Å². The maximum absolute atomic E-state index is 11.8. The van der Waals surface area contributed by atoms with Crippen LogP contribution >= 0.6 is 12.2 Å². The van der Waals surface area contributed by atoms with Crippen LogP contribution in [-0.2, 0) is 18.0 Å². The first-order valence-electron chi connectivity index (χ1n) is 9.18. The predicted octanol–water partition coefficient (Wildman–Crippen LogP) is 4.33. The molecular weight excluding hydrogens is 422 g/mol. The van der Waals surface area contributed by atoms with Crippen LogP contribution in [0.1, 0.15) is 16.7 Å². The van der Waals surface area contributed by atoms with Gasteiger partial charge >= 0.3 is 6.09 Å². The summed E-state index contributed by atoms with van der Waals surface area (Å²) >= 11 is 4.16. The normalized spacial score (nSPS) is 11.9. The SMILES string of the molecule is CN[S+]([O-])Nc1cccc(Cc2c(C)c3ccc(OC(=O)N(C)C)cc3oc2=S)c1. The molecule has 1 unspecified atom stereocenters. The van der Waals surface area contributed by atoms with Crippen LogP contribution in [0.2, 0.25) is 0 Å². The molecule has 158 valence electrons. The van der Waals surface area contributed by atoms with Crippen molar-refractivity contribution in [1.82, 2.24) is 9.62 Å². The van der Waals surface area contributed by atoms with Crippen LogP contribution in [0.5, 0.6) is 5.75 Å². The lowest BCUT2D eigenvalue weighted by Gasteiger charge is -2.13. The molecule has 0 saturated heterocycles. The van der Waals surface area contributed by atoms with Gasteiger partial charge in [0.25, 0.3) is 0 Å². The van der Waals surface area contributed by atoms with Gasteiger partial charge < -0.3 is 18.6 Å². The Balaban J connectivity index is 1.91. The van der Waals surface area contributed by atoms with E-state index in [2.05, 4.69) is 9.44 Å². The molecule has 0 saturated carbocycles. The lowest BCUT2D eigenvalue weighted by molar-refractivity contribution is 0.172. The number of ether oxygens (including phenoxy) is 1. The minimum atomic E-state index is -1.35. The van der Waals surface area contributed by atoms with E-state index in [1.54, 1.807) is 33.3 Å². The zero-order valence-electron chi connectivity index (χ0n) is 17.1. The maximum Gasteiger partial charge on any atom is 0.414 e. The quantitative estimate of drug-likeness (QED) is 0.431. The van der Waals surface area contributed by atoms with Crippen LogP contribution in [0.25, 0.3) is 11.0 Å². The number of fused-ring (bicyclic) bond motifs is 1. The van der Waals surface area contributed by atoms with Crippen LogP contribution in [-0.4, -0.2) is 36.7 Å². The Kier molecular flexibility index (Phi) is 6.99. The van der Waals surface area contributed by atoms with Crippen LogP contribution in [0.15, 0.2) is 46.9 Å². The number of hydrogen-bond acceptors (Lipinski definition) is 7. The highest BCUT2D eigenvalue weighted by molar-refractivity contribution is 7.90. The number of aryl methyl sites for hydroxylation is 1. The Hall–Kier alpha value is -2.59. The first-order valence-corrected chi connectivity index (χ1v) is 10.7. The van der Waals surface area contributed by atoms with E-state index in [9.17, 15) is 9.35 Å². The van der Waals surface area contributed by atoms with Crippen LogP contribution in [0.3, 0.4) is 0 Å². The number of anilines is 1. The van der Waals surface area contributed by atoms with Crippen molar-refractivity contribution in [1.29, 1.82) is 0 Å². The number of nitrogens with one attached hydrogen (secondary N) is 2. The highest BCUT2D eigenvalue weighted by Crippen LogP contribution is 2.29. The second-order valence-electron chi connectivity index (χ2n) is 6.87. The maximum atomic E-state index is 11.8. The fourth-order valence-electron chi connectivity index (χ4n) is 2.94. The third-order valence-corrected chi connectivity index (χ3v) is 5.65. The molecule has 0 radical (unpaired) electrons. The molecule has 0 bridgehead atoms. The molecule has 1 amide bonds. The molecule has 30 heavy (non-hydrogen) atoms. The van der Waals surface area contributed by atoms with E-state index in [1.165, 1.54) is 4.90 Å². The second-order valence-corrected chi connectivity index (χ2v) is 8.39. The van der Waals surface area contributed by atoms with E-state index in [0.29, 0.717) is 22.5 Å². The van der Waals surface area contributed by atoms with Gasteiger partial charge in [-0.05, 0) is 54.5 Å². The highest BCUT2D eigenvalue weighted by atomic mass is 32.2. The van der Waals surface area contributed by atoms with Gasteiger partial charge in [0.15, 0.2) is 16.3 Å². The van der Waals surface area contributed by atoms with E-state index in [4.69, 9.17) is 21.4 Å². The fraction of sp³-hybridized carbons (Fsp3) is 0.238. The number of nitrogens with zero attached hydrogens (tertiary/aromatic N) is 1. The van der Waals surface area contributed by atoms with Gasteiger partial charge in [-0.3, -0.25) is 0 Å². The molecule has 2 aromatic carbocycles. The number of hydrogen-bond donors (Lipinski definition) is 2. The smallest absolute Gasteiger partial charge is 0.414 e. The minimum Gasteiger partial charge on any atom is -0.574 e. The molecule has 3 aromatic rings. The Bertz CT molecular complexity index is 1130. The number of carbonyl (C=O) groups excluding carboxylic acids is 1. The summed E-state index contributed by atoms with van der Waals surface area (Å²) in [6, 6.07) is 12.9. The number of amides is 1. The summed E-state index contributed by atoms with van der Waals surface area (Å²) in [5.74, 6) is 0.391. The van der Waals surface area contributed by atoms with Gasteiger partial charge in [0.1, 0.15) is 11.3 Å². The summed E-state index contributed by atoms with van der Waals surface area (Å²) in [4.78, 5) is 13.1. The van der Waals surface area contributed by atoms with Gasteiger partial charge in [0.2, 0.25) is 0 Å². The average molecular weight is 446 g/mol. The largest absolute Gasteiger partial charge is 0.574 e. The molecule has 1 aromatic heterocycles. The Morgan fingerprint density at radius 1 is 1.27 bits per heavy atom. The summed E-state index contributed by atoms with van der Waals surface area (Å²) in [5, 5.41) is 0.897. The molecule has 0 aliphatic heterocycles. The Morgan fingerprint density at radius 3 is 2.73 bits per heavy atom. The first-order chi connectivity index (χ1) is 14.3. The average Bonchev–Trinajstić information content (AvgIpc) is 2.71. The summed E-state index contributed by atoms with van der Waals surface area (Å²) in [6.07, 6.45) is 0.109. The second kappa shape index (κ2) is 9.48. The molecule has 7 nitrogen and oxygen atoms in total. The van der Waals surface area contributed by atoms with E-state index in [0.717, 1.165) is 27.8 Å². The van der Waals surface area contributed by atoms with Crippen molar-refractivity contribution >= 4 is 46.5 Å². The molecule has 1 heterocycles. The third-order valence-electron chi connectivity index (χ3n) is 4.53. The topological polar surface area (TPSA) is 89.8 Å². The van der Waals surface area contributed by atoms with Gasteiger partial charge in [-0.1, -0.05) is 12.1 Å². The standard InChI is InChI=1S/C21H23N3O4S2/c1-13-17-9-8-16(27-21(25)24(3)4)12-19(17)28-20(29)18(13)11-14-6-5-7-15(10-14)23-30(26)22-2/h5-10,12,22-23H,11H2,1-4H3. The van der Waals surface area contributed by atoms with Crippen molar-refractivity contribution < 1.29 is 18.5 Å². The van der Waals surface area contributed by atoms with Crippen molar-refractivity contribution in [3.8, 4) is 5.75 Å². The monoisotopic (exact) mass is 445 g/mol. The molecule has 0 aliphatic rings. The lowest BCUT2D eigenvalue weighted by Crippen LogP contribution is -2.26. The van der Waals surface area contributed by atoms with Gasteiger partial charge in [0.05, 0.1) is 5.69 Å². The van der Waals surface area contributed by atoms with Crippen molar-refractivity contribution in [3.05, 3.63) is 63.9 Å². The van der Waals surface area contributed by atoms with E-state index < -0.39 is 17.6 Å². The number of carbonyl (C=O) groups is 1. The van der Waals surface area contributed by atoms with E-state index >= 15 is 0 Å². The molecular formula is C21H23N3O4S2. The minimum absolute atomic E-state index is 0.383. The zero-order valence-corrected chi connectivity index (χ0v) is 18.8.